The summed E-state index contributed by atoms with van der Waals surface area (Å²) in [7, 11) is 0. The van der Waals surface area contributed by atoms with Gasteiger partial charge in [-0.3, -0.25) is 0 Å². The van der Waals surface area contributed by atoms with Crippen LogP contribution in [0.4, 0.5) is 0 Å². The molecule has 0 unspecified atom stereocenters. The summed E-state index contributed by atoms with van der Waals surface area (Å²) in [4.78, 5) is 0. The molecule has 0 fully saturated rings. The maximum Gasteiger partial charge on any atom is 0.0381 e. The number of rotatable bonds is 2. The van der Waals surface area contributed by atoms with Crippen molar-refractivity contribution in [1.29, 1.82) is 0 Å². The highest BCUT2D eigenvalue weighted by molar-refractivity contribution is 5.40. The molecule has 1 heteroatoms. The first-order valence-corrected chi connectivity index (χ1v) is 5.25. The van der Waals surface area contributed by atoms with E-state index in [1.807, 2.05) is 0 Å². The summed E-state index contributed by atoms with van der Waals surface area (Å²) in [6.07, 6.45) is 0.969. The van der Waals surface area contributed by atoms with Gasteiger partial charge < -0.3 is 5.73 Å². The van der Waals surface area contributed by atoms with Crippen molar-refractivity contribution in [2.75, 3.05) is 0 Å². The third-order valence-electron chi connectivity index (χ3n) is 3.19. The lowest BCUT2D eigenvalue weighted by atomic mass is 9.85. The van der Waals surface area contributed by atoms with Crippen molar-refractivity contribution in [1.82, 2.24) is 0 Å². The fourth-order valence-corrected chi connectivity index (χ4v) is 1.77. The van der Waals surface area contributed by atoms with Gasteiger partial charge in [-0.15, -0.1) is 0 Å². The molecule has 1 aromatic carbocycles. The second-order valence-corrected chi connectivity index (χ2v) is 4.52. The Morgan fingerprint density at radius 2 is 1.57 bits per heavy atom. The topological polar surface area (TPSA) is 26.0 Å². The Labute approximate surface area is 87.3 Å². The molecule has 14 heavy (non-hydrogen) atoms. The van der Waals surface area contributed by atoms with Gasteiger partial charge in [0.15, 0.2) is 0 Å². The summed E-state index contributed by atoms with van der Waals surface area (Å²) in [6, 6.07) is 4.46. The van der Waals surface area contributed by atoms with Gasteiger partial charge in [-0.05, 0) is 56.4 Å². The molecule has 0 saturated carbocycles. The molecule has 2 N–H and O–H groups in total. The molecule has 0 radical (unpaired) electrons. The third-order valence-corrected chi connectivity index (χ3v) is 3.19. The average Bonchev–Trinajstić information content (AvgIpc) is 2.11. The number of hydrogen-bond donors (Lipinski definition) is 1. The van der Waals surface area contributed by atoms with E-state index >= 15 is 0 Å². The standard InChI is InChI=1S/C13H21N/c1-6-13(5,14)12-8-10(3)9(2)7-11(12)4/h7-8H,6,14H2,1-5H3/t13-/m0/s1. The number of aryl methyl sites for hydroxylation is 3. The molecule has 0 aliphatic rings. The lowest BCUT2D eigenvalue weighted by molar-refractivity contribution is 0.473. The molecule has 1 aromatic rings. The maximum absolute atomic E-state index is 6.26. The SMILES string of the molecule is CC[C@](C)(N)c1cc(C)c(C)cc1C. The van der Waals surface area contributed by atoms with Crippen LogP contribution in [0.3, 0.4) is 0 Å². The van der Waals surface area contributed by atoms with Gasteiger partial charge >= 0.3 is 0 Å². The smallest absolute Gasteiger partial charge is 0.0381 e. The predicted molar refractivity (Wildman–Crippen MR) is 62.5 cm³/mol. The first-order chi connectivity index (χ1) is 6.38. The Hall–Kier alpha value is -0.820. The van der Waals surface area contributed by atoms with Crippen LogP contribution in [0.25, 0.3) is 0 Å². The summed E-state index contributed by atoms with van der Waals surface area (Å²) in [5, 5.41) is 0. The average molecular weight is 191 g/mol. The van der Waals surface area contributed by atoms with Crippen molar-refractivity contribution >= 4 is 0 Å². The predicted octanol–water partition coefficient (Wildman–Crippen LogP) is 3.20. The zero-order valence-corrected chi connectivity index (χ0v) is 9.94. The lowest BCUT2D eigenvalue weighted by Gasteiger charge is -2.26. The molecule has 1 nitrogen and oxygen atoms in total. The van der Waals surface area contributed by atoms with Gasteiger partial charge in [0.2, 0.25) is 0 Å². The minimum Gasteiger partial charge on any atom is -0.322 e. The van der Waals surface area contributed by atoms with Gasteiger partial charge in [-0.25, -0.2) is 0 Å². The van der Waals surface area contributed by atoms with Crippen molar-refractivity contribution in [3.63, 3.8) is 0 Å². The van der Waals surface area contributed by atoms with Crippen LogP contribution in [-0.4, -0.2) is 0 Å². The molecule has 1 rings (SSSR count). The second kappa shape index (κ2) is 3.74. The van der Waals surface area contributed by atoms with Crippen LogP contribution in [0.1, 0.15) is 42.5 Å². The molecule has 0 heterocycles. The van der Waals surface area contributed by atoms with Crippen molar-refractivity contribution in [3.8, 4) is 0 Å². The minimum atomic E-state index is -0.192. The molecule has 0 amide bonds. The van der Waals surface area contributed by atoms with E-state index in [1.165, 1.54) is 22.3 Å². The second-order valence-electron chi connectivity index (χ2n) is 4.52. The highest BCUT2D eigenvalue weighted by Gasteiger charge is 2.20. The highest BCUT2D eigenvalue weighted by atomic mass is 14.7. The summed E-state index contributed by atoms with van der Waals surface area (Å²) in [5.74, 6) is 0. The molecule has 1 atom stereocenters. The van der Waals surface area contributed by atoms with E-state index in [0.717, 1.165) is 6.42 Å². The fourth-order valence-electron chi connectivity index (χ4n) is 1.77. The van der Waals surface area contributed by atoms with Crippen molar-refractivity contribution in [2.24, 2.45) is 5.73 Å². The van der Waals surface area contributed by atoms with E-state index < -0.39 is 0 Å². The molecule has 78 valence electrons. The Morgan fingerprint density at radius 1 is 1.07 bits per heavy atom. The van der Waals surface area contributed by atoms with Crippen LogP contribution in [0, 0.1) is 20.8 Å². The van der Waals surface area contributed by atoms with Crippen LogP contribution >= 0.6 is 0 Å². The van der Waals surface area contributed by atoms with Crippen LogP contribution in [0.2, 0.25) is 0 Å². The summed E-state index contributed by atoms with van der Waals surface area (Å²) < 4.78 is 0. The normalized spacial score (nSPS) is 15.3. The number of hydrogen-bond acceptors (Lipinski definition) is 1. The first kappa shape index (κ1) is 11.3. The molecule has 0 aliphatic carbocycles. The summed E-state index contributed by atoms with van der Waals surface area (Å²) >= 11 is 0. The summed E-state index contributed by atoms with van der Waals surface area (Å²) in [5.41, 5.74) is 11.3. The van der Waals surface area contributed by atoms with Crippen molar-refractivity contribution in [2.45, 2.75) is 46.6 Å². The quantitative estimate of drug-likeness (QED) is 0.763. The third kappa shape index (κ3) is 1.98. The van der Waals surface area contributed by atoms with E-state index in [9.17, 15) is 0 Å². The molecule has 0 saturated heterocycles. The maximum atomic E-state index is 6.26. The Kier molecular flexibility index (Phi) is 3.01. The molecule has 0 bridgehead atoms. The molecule has 0 spiro atoms. The molecule has 0 aliphatic heterocycles. The minimum absolute atomic E-state index is 0.192. The van der Waals surface area contributed by atoms with Crippen LogP contribution < -0.4 is 5.73 Å². The van der Waals surface area contributed by atoms with Gasteiger partial charge in [-0.1, -0.05) is 19.1 Å². The first-order valence-electron chi connectivity index (χ1n) is 5.25. The summed E-state index contributed by atoms with van der Waals surface area (Å²) in [6.45, 7) is 10.7. The zero-order valence-electron chi connectivity index (χ0n) is 9.94. The Balaban J connectivity index is 3.29. The van der Waals surface area contributed by atoms with Crippen LogP contribution in [0.5, 0.6) is 0 Å². The molecule has 0 aromatic heterocycles. The van der Waals surface area contributed by atoms with E-state index in [-0.39, 0.29) is 5.54 Å². The van der Waals surface area contributed by atoms with Gasteiger partial charge in [0, 0.05) is 5.54 Å². The van der Waals surface area contributed by atoms with Crippen molar-refractivity contribution in [3.05, 3.63) is 34.4 Å². The largest absolute Gasteiger partial charge is 0.322 e. The zero-order chi connectivity index (χ0) is 10.9. The Bertz CT molecular complexity index is 337. The van der Waals surface area contributed by atoms with Crippen LogP contribution in [-0.2, 0) is 5.54 Å². The van der Waals surface area contributed by atoms with Gasteiger partial charge in [0.25, 0.3) is 0 Å². The van der Waals surface area contributed by atoms with Crippen LogP contribution in [0.15, 0.2) is 12.1 Å². The molecular formula is C13H21N. The van der Waals surface area contributed by atoms with Gasteiger partial charge in [0.05, 0.1) is 0 Å². The van der Waals surface area contributed by atoms with E-state index in [1.54, 1.807) is 0 Å². The number of benzene rings is 1. The van der Waals surface area contributed by atoms with Gasteiger partial charge in [0.1, 0.15) is 0 Å². The Morgan fingerprint density at radius 3 is 2.07 bits per heavy atom. The fraction of sp³-hybridized carbons (Fsp3) is 0.538. The monoisotopic (exact) mass is 191 g/mol. The highest BCUT2D eigenvalue weighted by Crippen LogP contribution is 2.26. The molecular weight excluding hydrogens is 170 g/mol. The lowest BCUT2D eigenvalue weighted by Crippen LogP contribution is -2.33. The van der Waals surface area contributed by atoms with E-state index in [4.69, 9.17) is 5.73 Å². The number of nitrogens with two attached hydrogens (primary N) is 1. The van der Waals surface area contributed by atoms with E-state index in [2.05, 4.69) is 46.8 Å². The van der Waals surface area contributed by atoms with E-state index in [0.29, 0.717) is 0 Å². The van der Waals surface area contributed by atoms with Gasteiger partial charge in [-0.2, -0.15) is 0 Å². The van der Waals surface area contributed by atoms with Crippen molar-refractivity contribution < 1.29 is 0 Å².